The third kappa shape index (κ3) is 3.84. The van der Waals surface area contributed by atoms with Crippen LogP contribution in [0.2, 0.25) is 5.02 Å². The Morgan fingerprint density at radius 2 is 1.76 bits per heavy atom. The second kappa shape index (κ2) is 7.52. The lowest BCUT2D eigenvalue weighted by Gasteiger charge is -2.26. The highest BCUT2D eigenvalue weighted by Crippen LogP contribution is 2.42. The fourth-order valence-corrected chi connectivity index (χ4v) is 3.52. The van der Waals surface area contributed by atoms with E-state index >= 15 is 0 Å². The molecule has 1 aliphatic carbocycles. The molecule has 2 fully saturated rings. The summed E-state index contributed by atoms with van der Waals surface area (Å²) >= 11 is 6.07. The molecule has 2 atom stereocenters. The lowest BCUT2D eigenvalue weighted by Crippen LogP contribution is -2.37. The molecule has 1 aromatic carbocycles. The van der Waals surface area contributed by atoms with Crippen molar-refractivity contribution in [3.05, 3.63) is 17.2 Å². The Balaban J connectivity index is 1.64. The van der Waals surface area contributed by atoms with E-state index in [2.05, 4.69) is 5.32 Å². The number of carbonyl (C=O) groups is 2. The summed E-state index contributed by atoms with van der Waals surface area (Å²) < 4.78 is 10.4. The van der Waals surface area contributed by atoms with Crippen molar-refractivity contribution in [2.75, 3.05) is 32.6 Å². The van der Waals surface area contributed by atoms with Gasteiger partial charge in [-0.2, -0.15) is 0 Å². The van der Waals surface area contributed by atoms with E-state index in [1.165, 1.54) is 20.6 Å². The number of anilines is 1. The highest BCUT2D eigenvalue weighted by Gasteiger charge is 2.49. The minimum Gasteiger partial charge on any atom is -0.495 e. The fourth-order valence-electron chi connectivity index (χ4n) is 3.29. The Bertz CT molecular complexity index is 673. The van der Waals surface area contributed by atoms with Crippen LogP contribution in [-0.2, 0) is 9.59 Å². The average Bonchev–Trinajstić information content (AvgIpc) is 3.43. The van der Waals surface area contributed by atoms with Crippen LogP contribution in [-0.4, -0.2) is 44.0 Å². The number of methoxy groups -OCH3 is 2. The van der Waals surface area contributed by atoms with Gasteiger partial charge in [-0.05, 0) is 25.7 Å². The van der Waals surface area contributed by atoms with E-state index in [-0.39, 0.29) is 23.7 Å². The molecule has 6 nitrogen and oxygen atoms in total. The molecule has 2 amide bonds. The second-order valence-corrected chi connectivity index (χ2v) is 6.92. The number of carbonyl (C=O) groups excluding carboxylic acids is 2. The summed E-state index contributed by atoms with van der Waals surface area (Å²) in [7, 11) is 3.01. The molecule has 1 aromatic rings. The van der Waals surface area contributed by atoms with Gasteiger partial charge < -0.3 is 19.7 Å². The van der Waals surface area contributed by atoms with Crippen molar-refractivity contribution >= 4 is 29.1 Å². The third-order valence-corrected chi connectivity index (χ3v) is 5.14. The summed E-state index contributed by atoms with van der Waals surface area (Å²) in [6.45, 7) is 1.62. The molecule has 1 aliphatic heterocycles. The molecule has 3 rings (SSSR count). The standard InChI is InChI=1S/C18H23ClN2O4/c1-24-15-10-14(16(25-2)9-13(15)19)20-17(22)11-8-12(11)18(23)21-6-4-3-5-7-21/h9-12H,3-8H2,1-2H3,(H,20,22). The Morgan fingerprint density at radius 1 is 1.08 bits per heavy atom. The number of ether oxygens (including phenoxy) is 2. The summed E-state index contributed by atoms with van der Waals surface area (Å²) in [5.74, 6) is 0.380. The predicted octanol–water partition coefficient (Wildman–Crippen LogP) is 2.94. The lowest BCUT2D eigenvalue weighted by atomic mass is 10.1. The Morgan fingerprint density at radius 3 is 2.40 bits per heavy atom. The number of piperidine rings is 1. The Kier molecular flexibility index (Phi) is 5.37. The number of benzene rings is 1. The first kappa shape index (κ1) is 17.9. The molecule has 2 unspecified atom stereocenters. The monoisotopic (exact) mass is 366 g/mol. The van der Waals surface area contributed by atoms with Crippen molar-refractivity contribution in [2.45, 2.75) is 25.7 Å². The van der Waals surface area contributed by atoms with Crippen molar-refractivity contribution in [1.82, 2.24) is 4.90 Å². The summed E-state index contributed by atoms with van der Waals surface area (Å²) in [5.41, 5.74) is 0.491. The van der Waals surface area contributed by atoms with Gasteiger partial charge >= 0.3 is 0 Å². The van der Waals surface area contributed by atoms with Crippen LogP contribution in [0.25, 0.3) is 0 Å². The molecular weight excluding hydrogens is 344 g/mol. The SMILES string of the molecule is COc1cc(NC(=O)C2CC2C(=O)N2CCCCC2)c(OC)cc1Cl. The zero-order chi connectivity index (χ0) is 18.0. The van der Waals surface area contributed by atoms with Gasteiger partial charge in [0.05, 0.1) is 36.8 Å². The molecule has 1 saturated heterocycles. The van der Waals surface area contributed by atoms with Crippen LogP contribution in [0.1, 0.15) is 25.7 Å². The van der Waals surface area contributed by atoms with Crippen LogP contribution in [0.4, 0.5) is 5.69 Å². The van der Waals surface area contributed by atoms with E-state index in [9.17, 15) is 9.59 Å². The first-order valence-electron chi connectivity index (χ1n) is 8.56. The molecule has 25 heavy (non-hydrogen) atoms. The number of halogens is 1. The molecule has 2 aliphatic rings. The summed E-state index contributed by atoms with van der Waals surface area (Å²) in [6.07, 6.45) is 3.89. The highest BCUT2D eigenvalue weighted by molar-refractivity contribution is 6.32. The quantitative estimate of drug-likeness (QED) is 0.870. The molecule has 1 saturated carbocycles. The topological polar surface area (TPSA) is 67.9 Å². The van der Waals surface area contributed by atoms with Crippen LogP contribution in [0, 0.1) is 11.8 Å². The molecule has 0 radical (unpaired) electrons. The lowest BCUT2D eigenvalue weighted by molar-refractivity contribution is -0.134. The highest BCUT2D eigenvalue weighted by atomic mass is 35.5. The summed E-state index contributed by atoms with van der Waals surface area (Å²) in [4.78, 5) is 26.9. The zero-order valence-electron chi connectivity index (χ0n) is 14.5. The van der Waals surface area contributed by atoms with Gasteiger partial charge in [0.25, 0.3) is 0 Å². The van der Waals surface area contributed by atoms with Crippen molar-refractivity contribution in [1.29, 1.82) is 0 Å². The van der Waals surface area contributed by atoms with E-state index in [1.807, 2.05) is 4.90 Å². The minimum absolute atomic E-state index is 0.112. The number of amides is 2. The van der Waals surface area contributed by atoms with Crippen LogP contribution in [0.5, 0.6) is 11.5 Å². The summed E-state index contributed by atoms with van der Waals surface area (Å²) in [6, 6.07) is 3.22. The Hall–Kier alpha value is -1.95. The van der Waals surface area contributed by atoms with Crippen LogP contribution < -0.4 is 14.8 Å². The number of hydrogen-bond donors (Lipinski definition) is 1. The first-order chi connectivity index (χ1) is 12.0. The zero-order valence-corrected chi connectivity index (χ0v) is 15.3. The minimum atomic E-state index is -0.277. The Labute approximate surface area is 152 Å². The van der Waals surface area contributed by atoms with Gasteiger partial charge in [0.15, 0.2) is 0 Å². The molecule has 136 valence electrons. The molecule has 0 spiro atoms. The number of nitrogens with zero attached hydrogens (tertiary/aromatic N) is 1. The van der Waals surface area contributed by atoms with Crippen LogP contribution >= 0.6 is 11.6 Å². The van der Waals surface area contributed by atoms with Gasteiger partial charge in [0, 0.05) is 25.2 Å². The van der Waals surface area contributed by atoms with Gasteiger partial charge in [-0.3, -0.25) is 9.59 Å². The fraction of sp³-hybridized carbons (Fsp3) is 0.556. The smallest absolute Gasteiger partial charge is 0.228 e. The average molecular weight is 367 g/mol. The van der Waals surface area contributed by atoms with Gasteiger partial charge in [-0.1, -0.05) is 11.6 Å². The maximum absolute atomic E-state index is 12.5. The van der Waals surface area contributed by atoms with Crippen LogP contribution in [0.15, 0.2) is 12.1 Å². The molecule has 1 heterocycles. The first-order valence-corrected chi connectivity index (χ1v) is 8.94. The van der Waals surface area contributed by atoms with Gasteiger partial charge in [-0.15, -0.1) is 0 Å². The van der Waals surface area contributed by atoms with Crippen LogP contribution in [0.3, 0.4) is 0 Å². The van der Waals surface area contributed by atoms with E-state index in [4.69, 9.17) is 21.1 Å². The van der Waals surface area contributed by atoms with Gasteiger partial charge in [0.2, 0.25) is 11.8 Å². The van der Waals surface area contributed by atoms with E-state index < -0.39 is 0 Å². The van der Waals surface area contributed by atoms with E-state index in [1.54, 1.807) is 12.1 Å². The predicted molar refractivity (Wildman–Crippen MR) is 95.2 cm³/mol. The number of rotatable bonds is 5. The molecular formula is C18H23ClN2O4. The maximum Gasteiger partial charge on any atom is 0.228 e. The van der Waals surface area contributed by atoms with Crippen molar-refractivity contribution in [3.63, 3.8) is 0 Å². The van der Waals surface area contributed by atoms with Crippen molar-refractivity contribution < 1.29 is 19.1 Å². The largest absolute Gasteiger partial charge is 0.495 e. The molecule has 0 bridgehead atoms. The maximum atomic E-state index is 12.5. The third-order valence-electron chi connectivity index (χ3n) is 4.84. The van der Waals surface area contributed by atoms with Gasteiger partial charge in [-0.25, -0.2) is 0 Å². The number of likely N-dealkylation sites (tertiary alicyclic amines) is 1. The summed E-state index contributed by atoms with van der Waals surface area (Å²) in [5, 5.41) is 3.24. The van der Waals surface area contributed by atoms with Crippen molar-refractivity contribution in [3.8, 4) is 11.5 Å². The normalized spacial score (nSPS) is 22.3. The van der Waals surface area contributed by atoms with E-state index in [0.717, 1.165) is 25.9 Å². The molecule has 1 N–H and O–H groups in total. The van der Waals surface area contributed by atoms with Gasteiger partial charge in [0.1, 0.15) is 11.5 Å². The van der Waals surface area contributed by atoms with Crippen molar-refractivity contribution in [2.24, 2.45) is 11.8 Å². The number of nitrogens with one attached hydrogen (secondary N) is 1. The number of hydrogen-bond acceptors (Lipinski definition) is 4. The molecule has 0 aromatic heterocycles. The van der Waals surface area contributed by atoms with E-state index in [0.29, 0.717) is 28.6 Å². The molecule has 7 heteroatoms. The second-order valence-electron chi connectivity index (χ2n) is 6.51.